The van der Waals surface area contributed by atoms with Crippen molar-refractivity contribution < 1.29 is 18.9 Å². The van der Waals surface area contributed by atoms with Crippen LogP contribution in [0.1, 0.15) is 29.6 Å². The molecule has 0 unspecified atom stereocenters. The molecule has 1 aliphatic heterocycles. The lowest BCUT2D eigenvalue weighted by Gasteiger charge is -2.19. The van der Waals surface area contributed by atoms with Gasteiger partial charge in [-0.25, -0.2) is 0 Å². The van der Waals surface area contributed by atoms with Gasteiger partial charge >= 0.3 is 0 Å². The van der Waals surface area contributed by atoms with Gasteiger partial charge in [-0.05, 0) is 18.1 Å². The van der Waals surface area contributed by atoms with Gasteiger partial charge in [0, 0.05) is 18.1 Å². The molecule has 0 saturated carbocycles. The maximum atomic E-state index is 6.03. The zero-order valence-electron chi connectivity index (χ0n) is 15.4. The minimum atomic E-state index is -1.46. The Morgan fingerprint density at radius 1 is 1.08 bits per heavy atom. The van der Waals surface area contributed by atoms with E-state index in [2.05, 4.69) is 31.1 Å². The second-order valence-electron chi connectivity index (χ2n) is 7.39. The smallest absolute Gasteiger partial charge is 0.203 e. The molecule has 1 aromatic rings. The van der Waals surface area contributed by atoms with E-state index in [1.54, 1.807) is 21.3 Å². The first-order valence-electron chi connectivity index (χ1n) is 8.38. The number of fused-ring (bicyclic) bond motifs is 3. The third-order valence-corrected chi connectivity index (χ3v) is 5.58. The van der Waals surface area contributed by atoms with E-state index in [4.69, 9.17) is 18.9 Å². The topological polar surface area (TPSA) is 36.9 Å². The first kappa shape index (κ1) is 17.2. The third-order valence-electron chi connectivity index (χ3n) is 4.69. The summed E-state index contributed by atoms with van der Waals surface area (Å²) in [5.74, 6) is 6.14. The van der Waals surface area contributed by atoms with Gasteiger partial charge in [0.25, 0.3) is 0 Å². The molecule has 1 fully saturated rings. The predicted octanol–water partition coefficient (Wildman–Crippen LogP) is 3.77. The van der Waals surface area contributed by atoms with E-state index in [0.29, 0.717) is 17.4 Å². The van der Waals surface area contributed by atoms with Crippen molar-refractivity contribution in [3.05, 3.63) is 17.2 Å². The summed E-state index contributed by atoms with van der Waals surface area (Å²) >= 11 is 0. The van der Waals surface area contributed by atoms with Crippen LogP contribution >= 0.6 is 0 Å². The van der Waals surface area contributed by atoms with Gasteiger partial charge in [0.1, 0.15) is 8.07 Å². The van der Waals surface area contributed by atoms with Crippen molar-refractivity contribution in [3.8, 4) is 28.7 Å². The molecule has 0 aromatic heterocycles. The van der Waals surface area contributed by atoms with Gasteiger partial charge in [0.05, 0.1) is 33.4 Å². The van der Waals surface area contributed by atoms with Gasteiger partial charge in [0.15, 0.2) is 11.5 Å². The van der Waals surface area contributed by atoms with Crippen LogP contribution in [-0.2, 0) is 4.74 Å². The lowest BCUT2D eigenvalue weighted by molar-refractivity contribution is 0.0974. The summed E-state index contributed by atoms with van der Waals surface area (Å²) in [7, 11) is 3.51. The zero-order valence-corrected chi connectivity index (χ0v) is 16.4. The molecule has 0 bridgehead atoms. The summed E-state index contributed by atoms with van der Waals surface area (Å²) < 4.78 is 22.8. The van der Waals surface area contributed by atoms with E-state index in [1.807, 2.05) is 6.07 Å². The Morgan fingerprint density at radius 2 is 1.79 bits per heavy atom. The van der Waals surface area contributed by atoms with E-state index in [1.165, 1.54) is 0 Å². The second-order valence-corrected chi connectivity index (χ2v) is 12.1. The Balaban J connectivity index is 2.20. The molecular formula is C19H26O4Si. The minimum absolute atomic E-state index is 0.0784. The molecule has 1 saturated heterocycles. The molecule has 24 heavy (non-hydrogen) atoms. The van der Waals surface area contributed by atoms with Crippen LogP contribution in [0.15, 0.2) is 6.07 Å². The van der Waals surface area contributed by atoms with Gasteiger partial charge < -0.3 is 18.9 Å². The molecule has 2 aliphatic rings. The van der Waals surface area contributed by atoms with Crippen LogP contribution in [0.25, 0.3) is 0 Å². The van der Waals surface area contributed by atoms with Gasteiger partial charge in [-0.1, -0.05) is 19.6 Å². The standard InChI is InChI=1S/C19H26O4Si/c1-20-15-11-14-16(19(22-3)18(15)21-2)12(8-10-24(4,5)6)13-7-9-23-17(13)14/h11-13,17H,7,9H2,1-6H3/t12-,13-,17-/m0/s1. The molecule has 5 heteroatoms. The lowest BCUT2D eigenvalue weighted by atomic mass is 9.91. The molecule has 1 aliphatic carbocycles. The molecule has 1 heterocycles. The molecule has 3 atom stereocenters. The quantitative estimate of drug-likeness (QED) is 0.617. The molecule has 0 spiro atoms. The SMILES string of the molecule is COc1cc2c(c(OC)c1OC)[C@@H](C#C[Si](C)(C)C)[C@@H]1CCO[C@H]21. The van der Waals surface area contributed by atoms with E-state index in [-0.39, 0.29) is 12.0 Å². The average Bonchev–Trinajstić information content (AvgIpc) is 3.11. The van der Waals surface area contributed by atoms with Gasteiger partial charge in [0.2, 0.25) is 5.75 Å². The molecule has 130 valence electrons. The van der Waals surface area contributed by atoms with Crippen molar-refractivity contribution in [1.29, 1.82) is 0 Å². The fourth-order valence-electron chi connectivity index (χ4n) is 3.71. The summed E-state index contributed by atoms with van der Waals surface area (Å²) in [6.45, 7) is 7.59. The molecule has 3 rings (SSSR count). The molecule has 0 radical (unpaired) electrons. The predicted molar refractivity (Wildman–Crippen MR) is 96.8 cm³/mol. The van der Waals surface area contributed by atoms with Crippen molar-refractivity contribution in [2.24, 2.45) is 5.92 Å². The van der Waals surface area contributed by atoms with E-state index in [9.17, 15) is 0 Å². The monoisotopic (exact) mass is 346 g/mol. The number of hydrogen-bond acceptors (Lipinski definition) is 4. The van der Waals surface area contributed by atoms with E-state index >= 15 is 0 Å². The summed E-state index contributed by atoms with van der Waals surface area (Å²) in [5.41, 5.74) is 5.80. The highest BCUT2D eigenvalue weighted by Gasteiger charge is 2.47. The van der Waals surface area contributed by atoms with Crippen LogP contribution in [0.3, 0.4) is 0 Å². The highest BCUT2D eigenvalue weighted by Crippen LogP contribution is 2.58. The largest absolute Gasteiger partial charge is 0.493 e. The van der Waals surface area contributed by atoms with Gasteiger partial charge in [-0.3, -0.25) is 0 Å². The van der Waals surface area contributed by atoms with Crippen LogP contribution in [0.4, 0.5) is 0 Å². The Kier molecular flexibility index (Phi) is 4.54. The highest BCUT2D eigenvalue weighted by atomic mass is 28.3. The molecule has 4 nitrogen and oxygen atoms in total. The van der Waals surface area contributed by atoms with Crippen molar-refractivity contribution in [2.45, 2.75) is 38.1 Å². The normalized spacial score (nSPS) is 24.7. The van der Waals surface area contributed by atoms with Crippen molar-refractivity contribution >= 4 is 8.07 Å². The van der Waals surface area contributed by atoms with Crippen LogP contribution in [0.2, 0.25) is 19.6 Å². The molecule has 1 aromatic carbocycles. The Bertz CT molecular complexity index is 696. The molecular weight excluding hydrogens is 320 g/mol. The number of rotatable bonds is 3. The van der Waals surface area contributed by atoms with Crippen molar-refractivity contribution in [1.82, 2.24) is 0 Å². The maximum absolute atomic E-state index is 6.03. The first-order valence-corrected chi connectivity index (χ1v) is 11.9. The van der Waals surface area contributed by atoms with Gasteiger partial charge in [-0.2, -0.15) is 0 Å². The van der Waals surface area contributed by atoms with Crippen molar-refractivity contribution in [3.63, 3.8) is 0 Å². The Hall–Kier alpha value is -1.64. The van der Waals surface area contributed by atoms with E-state index in [0.717, 1.165) is 29.9 Å². The second kappa shape index (κ2) is 6.34. The summed E-state index contributed by atoms with van der Waals surface area (Å²) in [4.78, 5) is 0. The molecule has 0 N–H and O–H groups in total. The Labute approximate surface area is 145 Å². The van der Waals surface area contributed by atoms with Crippen LogP contribution < -0.4 is 14.2 Å². The Morgan fingerprint density at radius 3 is 2.38 bits per heavy atom. The van der Waals surface area contributed by atoms with Gasteiger partial charge in [-0.15, -0.1) is 11.5 Å². The van der Waals surface area contributed by atoms with Crippen LogP contribution in [0.5, 0.6) is 17.2 Å². The van der Waals surface area contributed by atoms with E-state index < -0.39 is 8.07 Å². The maximum Gasteiger partial charge on any atom is 0.203 e. The number of benzene rings is 1. The summed E-state index contributed by atoms with van der Waals surface area (Å²) in [5, 5.41) is 0. The highest BCUT2D eigenvalue weighted by molar-refractivity contribution is 6.83. The number of methoxy groups -OCH3 is 3. The lowest BCUT2D eigenvalue weighted by Crippen LogP contribution is -2.17. The fraction of sp³-hybridized carbons (Fsp3) is 0.579. The number of hydrogen-bond donors (Lipinski definition) is 0. The zero-order chi connectivity index (χ0) is 17.5. The van der Waals surface area contributed by atoms with Crippen molar-refractivity contribution in [2.75, 3.05) is 27.9 Å². The average molecular weight is 346 g/mol. The molecule has 0 amide bonds. The first-order chi connectivity index (χ1) is 11.4. The summed E-state index contributed by atoms with van der Waals surface area (Å²) in [6, 6.07) is 2.04. The van der Waals surface area contributed by atoms with Crippen LogP contribution in [-0.4, -0.2) is 36.0 Å². The fourth-order valence-corrected chi connectivity index (χ4v) is 4.30. The summed E-state index contributed by atoms with van der Waals surface area (Å²) in [6.07, 6.45) is 1.10. The van der Waals surface area contributed by atoms with Crippen LogP contribution in [0, 0.1) is 17.4 Å². The third kappa shape index (κ3) is 2.78. The number of ether oxygens (including phenoxy) is 4. The minimum Gasteiger partial charge on any atom is -0.493 e.